The zero-order chi connectivity index (χ0) is 24.9. The molecule has 0 aromatic carbocycles. The molecule has 0 aromatic rings. The van der Waals surface area contributed by atoms with Crippen LogP contribution in [0.2, 0.25) is 0 Å². The summed E-state index contributed by atoms with van der Waals surface area (Å²) in [6.45, 7) is 10.6. The number of ether oxygens (including phenoxy) is 5. The Hall–Kier alpha value is -2.73. The summed E-state index contributed by atoms with van der Waals surface area (Å²) < 4.78 is 26.7. The van der Waals surface area contributed by atoms with Crippen molar-refractivity contribution >= 4 is 29.8 Å². The van der Waals surface area contributed by atoms with Gasteiger partial charge in [0.05, 0.1) is 0 Å². The third-order valence-corrected chi connectivity index (χ3v) is 5.28. The van der Waals surface area contributed by atoms with E-state index in [2.05, 4.69) is 18.7 Å². The molecule has 5 atom stereocenters. The van der Waals surface area contributed by atoms with Gasteiger partial charge in [0, 0.05) is 59.9 Å². The Kier molecular flexibility index (Phi) is 9.17. The van der Waals surface area contributed by atoms with E-state index in [9.17, 15) is 24.0 Å². The predicted molar refractivity (Wildman–Crippen MR) is 110 cm³/mol. The van der Waals surface area contributed by atoms with Crippen LogP contribution in [-0.4, -0.2) is 103 Å². The van der Waals surface area contributed by atoms with Gasteiger partial charge in [0.1, 0.15) is 0 Å². The second kappa shape index (κ2) is 11.4. The number of carbonyl (C=O) groups excluding carboxylic acids is 5. The van der Waals surface area contributed by atoms with E-state index >= 15 is 0 Å². The minimum Gasteiger partial charge on any atom is -0.455 e. The Balaban J connectivity index is 2.40. The molecule has 0 aliphatic carbocycles. The molecule has 2 fully saturated rings. The van der Waals surface area contributed by atoms with Gasteiger partial charge < -0.3 is 28.6 Å². The molecule has 0 radical (unpaired) electrons. The van der Waals surface area contributed by atoms with Gasteiger partial charge in [-0.25, -0.2) is 0 Å². The van der Waals surface area contributed by atoms with Gasteiger partial charge in [0.15, 0.2) is 18.3 Å². The first-order valence-electron chi connectivity index (χ1n) is 10.8. The summed E-state index contributed by atoms with van der Waals surface area (Å²) in [6.07, 6.45) is -7.35. The Labute approximate surface area is 192 Å². The van der Waals surface area contributed by atoms with Gasteiger partial charge in [-0.15, -0.1) is 0 Å². The first-order valence-corrected chi connectivity index (χ1v) is 10.8. The second-order valence-corrected chi connectivity index (χ2v) is 8.21. The third-order valence-electron chi connectivity index (χ3n) is 5.28. The summed E-state index contributed by atoms with van der Waals surface area (Å²) in [5.74, 6) is -3.64. The van der Waals surface area contributed by atoms with Gasteiger partial charge in [-0.3, -0.25) is 28.9 Å². The first-order chi connectivity index (χ1) is 15.4. The Morgan fingerprint density at radius 1 is 0.697 bits per heavy atom. The quantitative estimate of drug-likeness (QED) is 0.369. The molecule has 0 unspecified atom stereocenters. The van der Waals surface area contributed by atoms with Gasteiger partial charge >= 0.3 is 23.9 Å². The molecule has 2 heterocycles. The van der Waals surface area contributed by atoms with Gasteiger partial charge in [-0.05, 0) is 13.8 Å². The SMILES string of the molecule is CC(=O)O[C@@H]1O[C@H](C(=O)N2CCN(C(C)C)CC2)[C@@H](OC(C)=O)[C@H](OC(C)=O)[C@H]1OC(C)=O. The summed E-state index contributed by atoms with van der Waals surface area (Å²) >= 11 is 0. The highest BCUT2D eigenvalue weighted by molar-refractivity contribution is 5.83. The molecule has 2 rings (SSSR count). The minimum atomic E-state index is -1.56. The number of hydrogen-bond donors (Lipinski definition) is 0. The highest BCUT2D eigenvalue weighted by Gasteiger charge is 2.56. The van der Waals surface area contributed by atoms with E-state index in [0.29, 0.717) is 32.2 Å². The number of esters is 4. The largest absolute Gasteiger partial charge is 0.455 e. The lowest BCUT2D eigenvalue weighted by Gasteiger charge is -2.45. The zero-order valence-corrected chi connectivity index (χ0v) is 19.8. The molecule has 33 heavy (non-hydrogen) atoms. The molecule has 0 N–H and O–H groups in total. The number of carbonyl (C=O) groups is 5. The lowest BCUT2D eigenvalue weighted by atomic mass is 9.96. The van der Waals surface area contributed by atoms with Crippen LogP contribution in [0.1, 0.15) is 41.5 Å². The molecule has 0 bridgehead atoms. The van der Waals surface area contributed by atoms with Crippen LogP contribution in [0.3, 0.4) is 0 Å². The van der Waals surface area contributed by atoms with Gasteiger partial charge in [-0.1, -0.05) is 0 Å². The van der Waals surface area contributed by atoms with Crippen LogP contribution in [0.5, 0.6) is 0 Å². The molecule has 2 aliphatic rings. The smallest absolute Gasteiger partial charge is 0.305 e. The summed E-state index contributed by atoms with van der Waals surface area (Å²) in [7, 11) is 0. The van der Waals surface area contributed by atoms with Crippen molar-refractivity contribution in [3.63, 3.8) is 0 Å². The number of amides is 1. The molecule has 186 valence electrons. The molecular weight excluding hydrogens is 440 g/mol. The van der Waals surface area contributed by atoms with Crippen LogP contribution < -0.4 is 0 Å². The normalized spacial score (nSPS) is 28.1. The van der Waals surface area contributed by atoms with Crippen LogP contribution in [-0.2, 0) is 47.7 Å². The molecule has 0 saturated carbocycles. The maximum absolute atomic E-state index is 13.4. The van der Waals surface area contributed by atoms with Crippen molar-refractivity contribution in [3.8, 4) is 0 Å². The fourth-order valence-corrected chi connectivity index (χ4v) is 3.87. The van der Waals surface area contributed by atoms with E-state index in [1.165, 1.54) is 0 Å². The predicted octanol–water partition coefficient (Wildman–Crippen LogP) is -0.378. The third kappa shape index (κ3) is 7.13. The van der Waals surface area contributed by atoms with E-state index in [-0.39, 0.29) is 0 Å². The fourth-order valence-electron chi connectivity index (χ4n) is 3.87. The maximum Gasteiger partial charge on any atom is 0.305 e. The Morgan fingerprint density at radius 2 is 1.15 bits per heavy atom. The highest BCUT2D eigenvalue weighted by atomic mass is 16.7. The van der Waals surface area contributed by atoms with Crippen molar-refractivity contribution in [1.82, 2.24) is 9.80 Å². The Morgan fingerprint density at radius 3 is 1.61 bits per heavy atom. The molecular formula is C21H32N2O10. The van der Waals surface area contributed by atoms with Gasteiger partial charge in [0.2, 0.25) is 12.4 Å². The average molecular weight is 472 g/mol. The monoisotopic (exact) mass is 472 g/mol. The van der Waals surface area contributed by atoms with Crippen LogP contribution in [0, 0.1) is 0 Å². The second-order valence-electron chi connectivity index (χ2n) is 8.21. The highest BCUT2D eigenvalue weighted by Crippen LogP contribution is 2.31. The summed E-state index contributed by atoms with van der Waals surface area (Å²) in [5.41, 5.74) is 0. The van der Waals surface area contributed by atoms with Crippen molar-refractivity contribution in [3.05, 3.63) is 0 Å². The molecule has 2 saturated heterocycles. The number of hydrogen-bond acceptors (Lipinski definition) is 11. The van der Waals surface area contributed by atoms with E-state index in [4.69, 9.17) is 23.7 Å². The molecule has 12 heteroatoms. The molecule has 2 aliphatic heterocycles. The number of nitrogens with zero attached hydrogens (tertiary/aromatic N) is 2. The fraction of sp³-hybridized carbons (Fsp3) is 0.762. The van der Waals surface area contributed by atoms with Crippen molar-refractivity contribution in [2.75, 3.05) is 26.2 Å². The van der Waals surface area contributed by atoms with Crippen LogP contribution in [0.15, 0.2) is 0 Å². The van der Waals surface area contributed by atoms with E-state index in [1.54, 1.807) is 4.90 Å². The van der Waals surface area contributed by atoms with Crippen LogP contribution >= 0.6 is 0 Å². The van der Waals surface area contributed by atoms with Crippen molar-refractivity contribution in [1.29, 1.82) is 0 Å². The van der Waals surface area contributed by atoms with Crippen molar-refractivity contribution in [2.24, 2.45) is 0 Å². The number of piperazine rings is 1. The lowest BCUT2D eigenvalue weighted by Crippen LogP contribution is -2.66. The van der Waals surface area contributed by atoms with E-state index in [0.717, 1.165) is 27.7 Å². The molecule has 0 spiro atoms. The van der Waals surface area contributed by atoms with E-state index < -0.39 is 60.5 Å². The first kappa shape index (κ1) is 26.5. The van der Waals surface area contributed by atoms with Crippen molar-refractivity contribution in [2.45, 2.75) is 78.3 Å². The number of rotatable bonds is 6. The maximum atomic E-state index is 13.4. The van der Waals surface area contributed by atoms with Crippen LogP contribution in [0.25, 0.3) is 0 Å². The standard InChI is InChI=1S/C21H32N2O10/c1-11(2)22-7-9-23(10-8-22)20(28)18-16(29-12(3)24)17(30-13(4)25)19(31-14(5)26)21(33-18)32-15(6)27/h11,16-19,21H,7-10H2,1-6H3/t16-,17-,18-,19+,21+/m0/s1. The summed E-state index contributed by atoms with van der Waals surface area (Å²) in [6, 6.07) is 0.313. The average Bonchev–Trinajstić information content (AvgIpc) is 2.70. The summed E-state index contributed by atoms with van der Waals surface area (Å²) in [5, 5.41) is 0. The zero-order valence-electron chi connectivity index (χ0n) is 19.8. The molecule has 0 aromatic heterocycles. The van der Waals surface area contributed by atoms with Gasteiger partial charge in [-0.2, -0.15) is 0 Å². The summed E-state index contributed by atoms with van der Waals surface area (Å²) in [4.78, 5) is 64.2. The lowest BCUT2D eigenvalue weighted by molar-refractivity contribution is -0.292. The van der Waals surface area contributed by atoms with Crippen molar-refractivity contribution < 1.29 is 47.7 Å². The minimum absolute atomic E-state index is 0.313. The van der Waals surface area contributed by atoms with Crippen LogP contribution in [0.4, 0.5) is 0 Å². The van der Waals surface area contributed by atoms with E-state index in [1.807, 2.05) is 0 Å². The molecule has 1 amide bonds. The molecule has 12 nitrogen and oxygen atoms in total. The topological polar surface area (TPSA) is 138 Å². The van der Waals surface area contributed by atoms with Gasteiger partial charge in [0.25, 0.3) is 5.91 Å². The Bertz CT molecular complexity index is 762.